The molecule has 1 heterocycles. The van der Waals surface area contributed by atoms with Crippen molar-refractivity contribution in [3.8, 4) is 17.2 Å². The summed E-state index contributed by atoms with van der Waals surface area (Å²) in [5, 5.41) is 9.92. The third-order valence-electron chi connectivity index (χ3n) is 8.45. The van der Waals surface area contributed by atoms with E-state index in [4.69, 9.17) is 9.47 Å². The summed E-state index contributed by atoms with van der Waals surface area (Å²) < 4.78 is 11.7. The third-order valence-corrected chi connectivity index (χ3v) is 8.45. The van der Waals surface area contributed by atoms with Crippen LogP contribution in [0.4, 0.5) is 5.69 Å². The van der Waals surface area contributed by atoms with Crippen molar-refractivity contribution in [1.29, 1.82) is 0 Å². The van der Waals surface area contributed by atoms with E-state index in [1.54, 1.807) is 7.11 Å². The van der Waals surface area contributed by atoms with Crippen molar-refractivity contribution in [2.24, 2.45) is 0 Å². The third kappa shape index (κ3) is 5.94. The van der Waals surface area contributed by atoms with Crippen LogP contribution in [0.3, 0.4) is 0 Å². The minimum absolute atomic E-state index is 0.206. The molecule has 0 amide bonds. The van der Waals surface area contributed by atoms with Gasteiger partial charge in [0.15, 0.2) is 0 Å². The van der Waals surface area contributed by atoms with Gasteiger partial charge in [-0.25, -0.2) is 0 Å². The molecule has 5 rings (SSSR count). The topological polar surface area (TPSA) is 45.2 Å². The summed E-state index contributed by atoms with van der Waals surface area (Å²) in [5.41, 5.74) is 6.52. The lowest BCUT2D eigenvalue weighted by Crippen LogP contribution is -2.28. The zero-order chi connectivity index (χ0) is 26.5. The summed E-state index contributed by atoms with van der Waals surface area (Å²) in [6, 6.07) is 21.3. The average Bonchev–Trinajstić information content (AvgIpc) is 3.47. The fourth-order valence-electron chi connectivity index (χ4n) is 6.23. The van der Waals surface area contributed by atoms with Crippen LogP contribution in [0.15, 0.2) is 60.7 Å². The fraction of sp³-hybridized carbons (Fsp3) is 0.455. The van der Waals surface area contributed by atoms with Crippen LogP contribution < -0.4 is 14.4 Å². The van der Waals surface area contributed by atoms with E-state index in [2.05, 4.69) is 72.2 Å². The quantitative estimate of drug-likeness (QED) is 0.325. The molecular formula is C33H42N2O3. The highest BCUT2D eigenvalue weighted by atomic mass is 16.5. The van der Waals surface area contributed by atoms with Crippen LogP contribution in [0.2, 0.25) is 0 Å². The number of phenolic OH excluding ortho intramolecular Hbond substituents is 1. The SMILES string of the molecule is CCN(c1cc(OC)ccc1[C@@H]1CCc2cc(O)ccc2C1)C(C)c1ccc(OCCN2CCCC2)cc1. The summed E-state index contributed by atoms with van der Waals surface area (Å²) in [6.07, 6.45) is 5.68. The lowest BCUT2D eigenvalue weighted by atomic mass is 9.79. The molecule has 1 unspecified atom stereocenters. The lowest BCUT2D eigenvalue weighted by molar-refractivity contribution is 0.237. The summed E-state index contributed by atoms with van der Waals surface area (Å²) in [7, 11) is 1.74. The van der Waals surface area contributed by atoms with E-state index in [9.17, 15) is 5.11 Å². The molecular weight excluding hydrogens is 472 g/mol. The molecule has 0 saturated carbocycles. The van der Waals surface area contributed by atoms with Crippen molar-refractivity contribution in [3.05, 3.63) is 82.9 Å². The van der Waals surface area contributed by atoms with Gasteiger partial charge in [-0.15, -0.1) is 0 Å². The zero-order valence-electron chi connectivity index (χ0n) is 23.2. The van der Waals surface area contributed by atoms with Gasteiger partial charge in [-0.2, -0.15) is 0 Å². The smallest absolute Gasteiger partial charge is 0.120 e. The van der Waals surface area contributed by atoms with Gasteiger partial charge in [0.25, 0.3) is 0 Å². The number of fused-ring (bicyclic) bond motifs is 1. The zero-order valence-corrected chi connectivity index (χ0v) is 23.2. The van der Waals surface area contributed by atoms with Gasteiger partial charge < -0.3 is 19.5 Å². The number of benzene rings is 3. The molecule has 2 aliphatic rings. The van der Waals surface area contributed by atoms with Gasteiger partial charge in [0.05, 0.1) is 13.2 Å². The Hall–Kier alpha value is -3.18. The molecule has 38 heavy (non-hydrogen) atoms. The highest BCUT2D eigenvalue weighted by Gasteiger charge is 2.26. The number of hydrogen-bond acceptors (Lipinski definition) is 5. The number of aromatic hydroxyl groups is 1. The van der Waals surface area contributed by atoms with Crippen molar-refractivity contribution < 1.29 is 14.6 Å². The Morgan fingerprint density at radius 2 is 1.74 bits per heavy atom. The van der Waals surface area contributed by atoms with Crippen LogP contribution in [0.5, 0.6) is 17.2 Å². The first-order valence-electron chi connectivity index (χ1n) is 14.3. The molecule has 3 aromatic carbocycles. The Balaban J connectivity index is 1.33. The average molecular weight is 515 g/mol. The molecule has 1 aliphatic carbocycles. The molecule has 3 aromatic rings. The Morgan fingerprint density at radius 3 is 2.47 bits per heavy atom. The van der Waals surface area contributed by atoms with Gasteiger partial charge in [-0.1, -0.05) is 24.3 Å². The Bertz CT molecular complexity index is 1200. The second-order valence-corrected chi connectivity index (χ2v) is 10.7. The summed E-state index contributed by atoms with van der Waals surface area (Å²) in [4.78, 5) is 4.98. The second-order valence-electron chi connectivity index (χ2n) is 10.7. The standard InChI is InChI=1S/C33H42N2O3/c1-4-35(24(2)25-10-13-30(14-11-25)38-20-19-34-17-5-6-18-34)33-23-31(37-3)15-16-32(33)28-8-7-27-22-29(36)12-9-26(27)21-28/h9-16,22-24,28,36H,4-8,17-21H2,1-3H3/t24?,28-/m1/s1. The number of hydrogen-bond donors (Lipinski definition) is 1. The van der Waals surface area contributed by atoms with Crippen molar-refractivity contribution >= 4 is 5.69 Å². The van der Waals surface area contributed by atoms with E-state index in [1.807, 2.05) is 12.1 Å². The Kier molecular flexibility index (Phi) is 8.43. The van der Waals surface area contributed by atoms with Crippen molar-refractivity contribution in [2.45, 2.75) is 57.9 Å². The maximum absolute atomic E-state index is 9.92. The molecule has 5 heteroatoms. The number of methoxy groups -OCH3 is 1. The van der Waals surface area contributed by atoms with Gasteiger partial charge in [0, 0.05) is 24.8 Å². The maximum atomic E-state index is 9.92. The van der Waals surface area contributed by atoms with Crippen LogP contribution in [-0.4, -0.2) is 49.9 Å². The number of nitrogens with zero attached hydrogens (tertiary/aromatic N) is 2. The van der Waals surface area contributed by atoms with Crippen LogP contribution in [-0.2, 0) is 12.8 Å². The van der Waals surface area contributed by atoms with Crippen LogP contribution in [0.1, 0.15) is 67.3 Å². The predicted octanol–water partition coefficient (Wildman–Crippen LogP) is 6.74. The molecule has 0 aromatic heterocycles. The van der Waals surface area contributed by atoms with Gasteiger partial charge in [0.1, 0.15) is 23.9 Å². The van der Waals surface area contributed by atoms with E-state index >= 15 is 0 Å². The van der Waals surface area contributed by atoms with Gasteiger partial charge >= 0.3 is 0 Å². The number of likely N-dealkylation sites (tertiary alicyclic amines) is 1. The molecule has 1 aliphatic heterocycles. The highest BCUT2D eigenvalue weighted by molar-refractivity contribution is 5.61. The van der Waals surface area contributed by atoms with E-state index in [0.717, 1.165) is 50.5 Å². The molecule has 202 valence electrons. The minimum atomic E-state index is 0.206. The molecule has 1 N–H and O–H groups in total. The van der Waals surface area contributed by atoms with Gasteiger partial charge in [-0.3, -0.25) is 4.90 Å². The molecule has 1 fully saturated rings. The number of aryl methyl sites for hydroxylation is 1. The number of ether oxygens (including phenoxy) is 2. The van der Waals surface area contributed by atoms with E-state index < -0.39 is 0 Å². The molecule has 0 radical (unpaired) electrons. The first-order chi connectivity index (χ1) is 18.6. The first-order valence-corrected chi connectivity index (χ1v) is 14.3. The van der Waals surface area contributed by atoms with Crippen molar-refractivity contribution in [1.82, 2.24) is 4.90 Å². The summed E-state index contributed by atoms with van der Waals surface area (Å²) >= 11 is 0. The lowest BCUT2D eigenvalue weighted by Gasteiger charge is -2.35. The predicted molar refractivity (Wildman–Crippen MR) is 155 cm³/mol. The molecule has 5 nitrogen and oxygen atoms in total. The number of anilines is 1. The first kappa shape index (κ1) is 26.4. The van der Waals surface area contributed by atoms with Crippen LogP contribution >= 0.6 is 0 Å². The Morgan fingerprint density at radius 1 is 0.974 bits per heavy atom. The highest BCUT2D eigenvalue weighted by Crippen LogP contribution is 2.41. The largest absolute Gasteiger partial charge is 0.508 e. The summed E-state index contributed by atoms with van der Waals surface area (Å²) in [5.74, 6) is 2.62. The maximum Gasteiger partial charge on any atom is 0.120 e. The van der Waals surface area contributed by atoms with Crippen LogP contribution in [0.25, 0.3) is 0 Å². The molecule has 0 bridgehead atoms. The molecule has 1 saturated heterocycles. The second kappa shape index (κ2) is 12.1. The number of rotatable bonds is 10. The molecule has 2 atom stereocenters. The minimum Gasteiger partial charge on any atom is -0.508 e. The monoisotopic (exact) mass is 514 g/mol. The number of phenols is 1. The summed E-state index contributed by atoms with van der Waals surface area (Å²) in [6.45, 7) is 9.57. The van der Waals surface area contributed by atoms with Crippen molar-refractivity contribution in [2.75, 3.05) is 44.8 Å². The van der Waals surface area contributed by atoms with Gasteiger partial charge in [0.2, 0.25) is 0 Å². The Labute approximate surface area is 228 Å². The normalized spacial score (nSPS) is 18.1. The van der Waals surface area contributed by atoms with Crippen molar-refractivity contribution in [3.63, 3.8) is 0 Å². The molecule has 0 spiro atoms. The fourth-order valence-corrected chi connectivity index (χ4v) is 6.23. The van der Waals surface area contributed by atoms with E-state index in [1.165, 1.54) is 53.9 Å². The van der Waals surface area contributed by atoms with E-state index in [0.29, 0.717) is 11.7 Å². The van der Waals surface area contributed by atoms with Gasteiger partial charge in [-0.05, 0) is 118 Å². The van der Waals surface area contributed by atoms with E-state index in [-0.39, 0.29) is 6.04 Å². The van der Waals surface area contributed by atoms with Crippen LogP contribution in [0, 0.1) is 0 Å².